The molecule has 1 aliphatic rings. The summed E-state index contributed by atoms with van der Waals surface area (Å²) in [5, 5.41) is 0. The number of hydrogen-bond donors (Lipinski definition) is 0. The monoisotopic (exact) mass is 366 g/mol. The zero-order chi connectivity index (χ0) is 12.4. The van der Waals surface area contributed by atoms with Gasteiger partial charge in [-0.15, -0.1) is 0 Å². The molecule has 2 nitrogen and oxygen atoms in total. The molecule has 94 valence electrons. The Hall–Kier alpha value is -0.130. The summed E-state index contributed by atoms with van der Waals surface area (Å²) in [5.41, 5.74) is 0. The van der Waals surface area contributed by atoms with Gasteiger partial charge in [0.2, 0.25) is 0 Å². The SMILES string of the molecule is CCOC1C(Br)CC1Oc1cc(Br)ccc1F. The minimum Gasteiger partial charge on any atom is -0.485 e. The van der Waals surface area contributed by atoms with E-state index in [4.69, 9.17) is 9.47 Å². The summed E-state index contributed by atoms with van der Waals surface area (Å²) in [6.45, 7) is 2.57. The van der Waals surface area contributed by atoms with Gasteiger partial charge in [0.15, 0.2) is 11.6 Å². The first-order valence-electron chi connectivity index (χ1n) is 5.49. The lowest BCUT2D eigenvalue weighted by molar-refractivity contribution is -0.0734. The van der Waals surface area contributed by atoms with E-state index in [-0.39, 0.29) is 23.8 Å². The fraction of sp³-hybridized carbons (Fsp3) is 0.500. The van der Waals surface area contributed by atoms with Gasteiger partial charge in [0.05, 0.1) is 0 Å². The zero-order valence-corrected chi connectivity index (χ0v) is 12.5. The van der Waals surface area contributed by atoms with Crippen LogP contribution in [0.4, 0.5) is 4.39 Å². The van der Waals surface area contributed by atoms with Gasteiger partial charge >= 0.3 is 0 Å². The predicted octanol–water partition coefficient (Wildman–Crippen LogP) is 3.91. The molecule has 0 aromatic heterocycles. The number of halogens is 3. The van der Waals surface area contributed by atoms with Crippen molar-refractivity contribution in [2.75, 3.05) is 6.61 Å². The molecule has 1 aliphatic carbocycles. The summed E-state index contributed by atoms with van der Waals surface area (Å²) < 4.78 is 25.5. The van der Waals surface area contributed by atoms with Crippen LogP contribution in [0.1, 0.15) is 13.3 Å². The first-order valence-corrected chi connectivity index (χ1v) is 7.20. The highest BCUT2D eigenvalue weighted by molar-refractivity contribution is 9.10. The van der Waals surface area contributed by atoms with Crippen LogP contribution in [-0.4, -0.2) is 23.6 Å². The zero-order valence-electron chi connectivity index (χ0n) is 9.33. The van der Waals surface area contributed by atoms with E-state index in [1.54, 1.807) is 12.1 Å². The van der Waals surface area contributed by atoms with Crippen molar-refractivity contribution in [3.63, 3.8) is 0 Å². The molecule has 0 bridgehead atoms. The van der Waals surface area contributed by atoms with E-state index < -0.39 is 0 Å². The van der Waals surface area contributed by atoms with E-state index in [1.807, 2.05) is 6.92 Å². The second-order valence-electron chi connectivity index (χ2n) is 3.90. The number of benzene rings is 1. The maximum atomic E-state index is 13.5. The minimum absolute atomic E-state index is 0.00150. The van der Waals surface area contributed by atoms with Crippen LogP contribution in [0.2, 0.25) is 0 Å². The Morgan fingerprint density at radius 1 is 1.47 bits per heavy atom. The Morgan fingerprint density at radius 3 is 2.88 bits per heavy atom. The van der Waals surface area contributed by atoms with Crippen molar-refractivity contribution in [1.29, 1.82) is 0 Å². The number of hydrogen-bond acceptors (Lipinski definition) is 2. The van der Waals surface area contributed by atoms with Crippen molar-refractivity contribution in [3.05, 3.63) is 28.5 Å². The van der Waals surface area contributed by atoms with Crippen molar-refractivity contribution < 1.29 is 13.9 Å². The Morgan fingerprint density at radius 2 is 2.24 bits per heavy atom. The third-order valence-corrected chi connectivity index (χ3v) is 4.10. The van der Waals surface area contributed by atoms with Gasteiger partial charge in [-0.2, -0.15) is 0 Å². The lowest BCUT2D eigenvalue weighted by Gasteiger charge is -2.40. The van der Waals surface area contributed by atoms with Gasteiger partial charge in [-0.3, -0.25) is 0 Å². The van der Waals surface area contributed by atoms with E-state index >= 15 is 0 Å². The summed E-state index contributed by atoms with van der Waals surface area (Å²) in [5.74, 6) is -0.0741. The van der Waals surface area contributed by atoms with Crippen molar-refractivity contribution in [3.8, 4) is 5.75 Å². The first kappa shape index (κ1) is 13.3. The highest BCUT2D eigenvalue weighted by Gasteiger charge is 2.42. The van der Waals surface area contributed by atoms with Gasteiger partial charge < -0.3 is 9.47 Å². The molecule has 1 aromatic rings. The van der Waals surface area contributed by atoms with Gasteiger partial charge in [-0.25, -0.2) is 4.39 Å². The molecule has 5 heteroatoms. The van der Waals surface area contributed by atoms with Crippen LogP contribution in [-0.2, 0) is 4.74 Å². The van der Waals surface area contributed by atoms with Gasteiger partial charge in [-0.1, -0.05) is 31.9 Å². The third kappa shape index (κ3) is 3.01. The summed E-state index contributed by atoms with van der Waals surface area (Å²) in [6, 6.07) is 4.68. The smallest absolute Gasteiger partial charge is 0.165 e. The molecule has 0 aliphatic heterocycles. The normalized spacial score (nSPS) is 27.6. The van der Waals surface area contributed by atoms with Crippen molar-refractivity contribution in [2.24, 2.45) is 0 Å². The molecule has 0 saturated heterocycles. The molecular weight excluding hydrogens is 355 g/mol. The molecule has 0 N–H and O–H groups in total. The van der Waals surface area contributed by atoms with Crippen LogP contribution in [0, 0.1) is 5.82 Å². The third-order valence-electron chi connectivity index (χ3n) is 2.71. The van der Waals surface area contributed by atoms with E-state index in [1.165, 1.54) is 6.07 Å². The van der Waals surface area contributed by atoms with Crippen molar-refractivity contribution in [1.82, 2.24) is 0 Å². The number of rotatable bonds is 4. The molecule has 1 aromatic carbocycles. The Bertz CT molecular complexity index is 400. The average molecular weight is 368 g/mol. The molecule has 0 heterocycles. The van der Waals surface area contributed by atoms with Gasteiger partial charge in [0.1, 0.15) is 12.2 Å². The van der Waals surface area contributed by atoms with Crippen LogP contribution >= 0.6 is 31.9 Å². The largest absolute Gasteiger partial charge is 0.485 e. The highest BCUT2D eigenvalue weighted by atomic mass is 79.9. The highest BCUT2D eigenvalue weighted by Crippen LogP contribution is 2.35. The maximum Gasteiger partial charge on any atom is 0.165 e. The maximum absolute atomic E-state index is 13.5. The van der Waals surface area contributed by atoms with Crippen molar-refractivity contribution in [2.45, 2.75) is 30.4 Å². The van der Waals surface area contributed by atoms with Gasteiger partial charge in [-0.05, 0) is 25.1 Å². The second-order valence-corrected chi connectivity index (χ2v) is 5.99. The standard InChI is InChI=1S/C12H13Br2FO2/c1-2-16-12-8(14)6-11(12)17-10-5-7(13)3-4-9(10)15/h3-5,8,11-12H,2,6H2,1H3. The summed E-state index contributed by atoms with van der Waals surface area (Å²) >= 11 is 6.80. The van der Waals surface area contributed by atoms with Crippen LogP contribution in [0.25, 0.3) is 0 Å². The molecular formula is C12H13Br2FO2. The summed E-state index contributed by atoms with van der Waals surface area (Å²) in [7, 11) is 0. The van der Waals surface area contributed by atoms with Crippen molar-refractivity contribution >= 4 is 31.9 Å². The van der Waals surface area contributed by atoms with Crippen LogP contribution < -0.4 is 4.74 Å². The number of alkyl halides is 1. The number of ether oxygens (including phenoxy) is 2. The lowest BCUT2D eigenvalue weighted by Crippen LogP contribution is -2.52. The molecule has 1 fully saturated rings. The van der Waals surface area contributed by atoms with Gasteiger partial charge in [0.25, 0.3) is 0 Å². The quantitative estimate of drug-likeness (QED) is 0.751. The molecule has 3 unspecified atom stereocenters. The van der Waals surface area contributed by atoms with E-state index in [0.717, 1.165) is 10.9 Å². The fourth-order valence-corrected chi connectivity index (χ4v) is 2.98. The first-order chi connectivity index (χ1) is 8.11. The Balaban J connectivity index is 2.03. The molecule has 17 heavy (non-hydrogen) atoms. The Labute approximate surface area is 117 Å². The molecule has 0 spiro atoms. The van der Waals surface area contributed by atoms with Gasteiger partial charge in [0, 0.05) is 22.3 Å². The van der Waals surface area contributed by atoms with Crippen LogP contribution in [0.15, 0.2) is 22.7 Å². The topological polar surface area (TPSA) is 18.5 Å². The van der Waals surface area contributed by atoms with Crippen LogP contribution in [0.3, 0.4) is 0 Å². The molecule has 0 amide bonds. The van der Waals surface area contributed by atoms with E-state index in [2.05, 4.69) is 31.9 Å². The fourth-order valence-electron chi connectivity index (χ4n) is 1.78. The summed E-state index contributed by atoms with van der Waals surface area (Å²) in [6.07, 6.45) is 0.748. The average Bonchev–Trinajstić information content (AvgIpc) is 2.30. The second kappa shape index (κ2) is 5.67. The van der Waals surface area contributed by atoms with E-state index in [0.29, 0.717) is 11.4 Å². The predicted molar refractivity (Wildman–Crippen MR) is 71.3 cm³/mol. The summed E-state index contributed by atoms with van der Waals surface area (Å²) in [4.78, 5) is 0.294. The van der Waals surface area contributed by atoms with E-state index in [9.17, 15) is 4.39 Å². The van der Waals surface area contributed by atoms with Crippen LogP contribution in [0.5, 0.6) is 5.75 Å². The molecule has 3 atom stereocenters. The molecule has 2 rings (SSSR count). The lowest BCUT2D eigenvalue weighted by atomic mass is 9.91. The molecule has 1 saturated carbocycles. The molecule has 0 radical (unpaired) electrons. The minimum atomic E-state index is -0.346. The Kier molecular flexibility index (Phi) is 4.44.